The zero-order valence-electron chi connectivity index (χ0n) is 18.9. The van der Waals surface area contributed by atoms with Crippen LogP contribution in [0.1, 0.15) is 52.7 Å². The predicted octanol–water partition coefficient (Wildman–Crippen LogP) is 8.89. The molecule has 150 valence electrons. The van der Waals surface area contributed by atoms with Crippen LogP contribution in [0, 0.1) is 0 Å². The third kappa shape index (κ3) is 2.89. The Hall–Kier alpha value is -2.86. The second-order valence-corrected chi connectivity index (χ2v) is 10.7. The second-order valence-electron chi connectivity index (χ2n) is 10.7. The fraction of sp³-hybridized carbons (Fsp3) is 0.267. The van der Waals surface area contributed by atoms with E-state index in [4.69, 9.17) is 0 Å². The molecule has 0 heteroatoms. The summed E-state index contributed by atoms with van der Waals surface area (Å²) in [5.74, 6) is 0. The molecular formula is C30H30. The van der Waals surface area contributed by atoms with Crippen molar-refractivity contribution in [1.82, 2.24) is 0 Å². The summed E-state index contributed by atoms with van der Waals surface area (Å²) in [4.78, 5) is 0. The van der Waals surface area contributed by atoms with E-state index in [2.05, 4.69) is 114 Å². The smallest absolute Gasteiger partial charge is 0.00176 e. The number of hydrogen-bond acceptors (Lipinski definition) is 0. The molecule has 5 rings (SSSR count). The molecule has 0 saturated carbocycles. The molecule has 0 N–H and O–H groups in total. The Morgan fingerprint density at radius 2 is 1.00 bits per heavy atom. The van der Waals surface area contributed by atoms with Gasteiger partial charge in [-0.1, -0.05) is 108 Å². The standard InChI is InChI=1S/C30H30/c1-29(2,3)23-17-16-19-10-11-21-13-15-22-14-12-20-8-7-9-25(30(4,5)6)27(20)28(22)26(21)24(19)18-23/h7-18H,1-6H3. The van der Waals surface area contributed by atoms with Gasteiger partial charge in [-0.3, -0.25) is 0 Å². The van der Waals surface area contributed by atoms with Crippen molar-refractivity contribution in [3.63, 3.8) is 0 Å². The molecular weight excluding hydrogens is 360 g/mol. The zero-order valence-corrected chi connectivity index (χ0v) is 18.9. The minimum absolute atomic E-state index is 0.0805. The van der Waals surface area contributed by atoms with Crippen LogP contribution in [-0.4, -0.2) is 0 Å². The Kier molecular flexibility index (Phi) is 4.03. The summed E-state index contributed by atoms with van der Waals surface area (Å²) < 4.78 is 0. The number of rotatable bonds is 0. The van der Waals surface area contributed by atoms with E-state index in [1.165, 1.54) is 54.2 Å². The topological polar surface area (TPSA) is 0 Å². The Morgan fingerprint density at radius 3 is 1.60 bits per heavy atom. The van der Waals surface area contributed by atoms with E-state index in [1.54, 1.807) is 0 Å². The van der Waals surface area contributed by atoms with Crippen LogP contribution in [0.25, 0.3) is 43.1 Å². The average Bonchev–Trinajstić information content (AvgIpc) is 2.70. The van der Waals surface area contributed by atoms with Crippen LogP contribution in [0.5, 0.6) is 0 Å². The fourth-order valence-corrected chi connectivity index (χ4v) is 4.83. The summed E-state index contributed by atoms with van der Waals surface area (Å²) >= 11 is 0. The Balaban J connectivity index is 2.09. The van der Waals surface area contributed by atoms with Gasteiger partial charge in [0.05, 0.1) is 0 Å². The van der Waals surface area contributed by atoms with Crippen molar-refractivity contribution < 1.29 is 0 Å². The van der Waals surface area contributed by atoms with Crippen LogP contribution in [-0.2, 0) is 10.8 Å². The minimum atomic E-state index is 0.0805. The fourth-order valence-electron chi connectivity index (χ4n) is 4.83. The molecule has 0 amide bonds. The van der Waals surface area contributed by atoms with E-state index in [9.17, 15) is 0 Å². The Morgan fingerprint density at radius 1 is 0.467 bits per heavy atom. The van der Waals surface area contributed by atoms with Gasteiger partial charge in [0.1, 0.15) is 0 Å². The highest BCUT2D eigenvalue weighted by Gasteiger charge is 2.20. The number of hydrogen-bond donors (Lipinski definition) is 0. The molecule has 0 aliphatic carbocycles. The van der Waals surface area contributed by atoms with Gasteiger partial charge >= 0.3 is 0 Å². The molecule has 0 saturated heterocycles. The Bertz CT molecular complexity index is 1430. The Labute approximate surface area is 179 Å². The second kappa shape index (κ2) is 6.32. The lowest BCUT2D eigenvalue weighted by Crippen LogP contribution is -2.11. The first-order valence-electron chi connectivity index (χ1n) is 11.0. The first kappa shape index (κ1) is 19.1. The van der Waals surface area contributed by atoms with Gasteiger partial charge in [-0.05, 0) is 71.1 Å². The van der Waals surface area contributed by atoms with E-state index in [0.717, 1.165) is 0 Å². The van der Waals surface area contributed by atoms with Crippen molar-refractivity contribution >= 4 is 43.1 Å². The molecule has 5 aromatic rings. The van der Waals surface area contributed by atoms with Gasteiger partial charge in [0, 0.05) is 0 Å². The molecule has 0 aliphatic heterocycles. The molecule has 30 heavy (non-hydrogen) atoms. The molecule has 0 aliphatic rings. The monoisotopic (exact) mass is 390 g/mol. The summed E-state index contributed by atoms with van der Waals surface area (Å²) in [5.41, 5.74) is 3.01. The average molecular weight is 391 g/mol. The van der Waals surface area contributed by atoms with E-state index in [-0.39, 0.29) is 10.8 Å². The predicted molar refractivity (Wildman–Crippen MR) is 134 cm³/mol. The van der Waals surface area contributed by atoms with Crippen LogP contribution in [0.2, 0.25) is 0 Å². The molecule has 0 heterocycles. The normalized spacial score (nSPS) is 13.0. The maximum Gasteiger partial charge on any atom is -0.00176 e. The van der Waals surface area contributed by atoms with Crippen molar-refractivity contribution in [3.8, 4) is 0 Å². The molecule has 0 spiro atoms. The van der Waals surface area contributed by atoms with Gasteiger partial charge in [0.2, 0.25) is 0 Å². The molecule has 0 fully saturated rings. The van der Waals surface area contributed by atoms with E-state index >= 15 is 0 Å². The van der Waals surface area contributed by atoms with Crippen LogP contribution in [0.4, 0.5) is 0 Å². The van der Waals surface area contributed by atoms with Crippen molar-refractivity contribution in [2.45, 2.75) is 52.4 Å². The molecule has 0 unspecified atom stereocenters. The van der Waals surface area contributed by atoms with Crippen molar-refractivity contribution in [2.75, 3.05) is 0 Å². The quantitative estimate of drug-likeness (QED) is 0.232. The van der Waals surface area contributed by atoms with E-state index in [0.29, 0.717) is 0 Å². The summed E-state index contributed by atoms with van der Waals surface area (Å²) in [7, 11) is 0. The van der Waals surface area contributed by atoms with Crippen LogP contribution in [0.3, 0.4) is 0 Å². The first-order valence-corrected chi connectivity index (χ1v) is 11.0. The van der Waals surface area contributed by atoms with Crippen molar-refractivity contribution in [1.29, 1.82) is 0 Å². The van der Waals surface area contributed by atoms with Crippen molar-refractivity contribution in [2.24, 2.45) is 0 Å². The van der Waals surface area contributed by atoms with Gasteiger partial charge in [0.15, 0.2) is 0 Å². The lowest BCUT2D eigenvalue weighted by molar-refractivity contribution is 0.591. The molecule has 0 atom stereocenters. The van der Waals surface area contributed by atoms with Gasteiger partial charge in [0.25, 0.3) is 0 Å². The minimum Gasteiger partial charge on any atom is -0.0613 e. The maximum atomic E-state index is 2.43. The molecule has 0 aromatic heterocycles. The first-order chi connectivity index (χ1) is 14.1. The van der Waals surface area contributed by atoms with Gasteiger partial charge < -0.3 is 0 Å². The summed E-state index contributed by atoms with van der Waals surface area (Å²) in [6, 6.07) is 27.5. The third-order valence-electron chi connectivity index (χ3n) is 6.50. The number of fused-ring (bicyclic) bond motifs is 7. The zero-order chi connectivity index (χ0) is 21.3. The highest BCUT2D eigenvalue weighted by atomic mass is 14.2. The molecule has 0 bridgehead atoms. The highest BCUT2D eigenvalue weighted by molar-refractivity contribution is 6.28. The highest BCUT2D eigenvalue weighted by Crippen LogP contribution is 2.41. The third-order valence-corrected chi connectivity index (χ3v) is 6.50. The van der Waals surface area contributed by atoms with Gasteiger partial charge in [-0.15, -0.1) is 0 Å². The lowest BCUT2D eigenvalue weighted by atomic mass is 9.80. The molecule has 0 radical (unpaired) electrons. The van der Waals surface area contributed by atoms with Crippen molar-refractivity contribution in [3.05, 3.63) is 83.9 Å². The summed E-state index contributed by atoms with van der Waals surface area (Å²) in [6.07, 6.45) is 0. The van der Waals surface area contributed by atoms with Gasteiger partial charge in [-0.25, -0.2) is 0 Å². The molecule has 5 aromatic carbocycles. The summed E-state index contributed by atoms with van der Waals surface area (Å²) in [6.45, 7) is 13.9. The largest absolute Gasteiger partial charge is 0.0613 e. The SMILES string of the molecule is CC(C)(C)c1ccc2ccc3ccc4ccc5cccc(C(C)(C)C)c5c4c3c2c1. The maximum absolute atomic E-state index is 2.43. The van der Waals surface area contributed by atoms with Crippen LogP contribution >= 0.6 is 0 Å². The van der Waals surface area contributed by atoms with E-state index in [1.807, 2.05) is 0 Å². The van der Waals surface area contributed by atoms with Crippen LogP contribution < -0.4 is 0 Å². The van der Waals surface area contributed by atoms with E-state index < -0.39 is 0 Å². The summed E-state index contributed by atoms with van der Waals surface area (Å²) in [5, 5.41) is 10.8. The van der Waals surface area contributed by atoms with Crippen LogP contribution in [0.15, 0.2) is 72.8 Å². The lowest BCUT2D eigenvalue weighted by Gasteiger charge is -2.23. The number of benzene rings is 5. The van der Waals surface area contributed by atoms with Gasteiger partial charge in [-0.2, -0.15) is 0 Å². The molecule has 0 nitrogen and oxygen atoms in total.